The van der Waals surface area contributed by atoms with Crippen molar-refractivity contribution in [1.82, 2.24) is 0 Å². The molecule has 1 aromatic carbocycles. The number of benzene rings is 1. The van der Waals surface area contributed by atoms with Crippen molar-refractivity contribution >= 4 is 5.97 Å². The fourth-order valence-electron chi connectivity index (χ4n) is 2.66. The highest BCUT2D eigenvalue weighted by atomic mass is 16.5. The molecule has 0 spiro atoms. The average Bonchev–Trinajstić information content (AvgIpc) is 2.54. The quantitative estimate of drug-likeness (QED) is 0.826. The molecule has 1 atom stereocenters. The molecular formula is C19H22N2O4. The standard InChI is InChI=1S/C19H22N2O4/c1-5-23-14-8-6-13(7-9-14)16-15(10-20)12(4)25-18(21)17(16)19(22)24-11(2)3/h6-9,11,16H,5,21H2,1-4H3/t16-/m1/s1. The van der Waals surface area contributed by atoms with Gasteiger partial charge in [-0.1, -0.05) is 12.1 Å². The van der Waals surface area contributed by atoms with Crippen molar-refractivity contribution in [3.8, 4) is 11.8 Å². The minimum atomic E-state index is -0.638. The maximum Gasteiger partial charge on any atom is 0.340 e. The first-order valence-electron chi connectivity index (χ1n) is 8.11. The van der Waals surface area contributed by atoms with E-state index in [1.54, 1.807) is 32.9 Å². The summed E-state index contributed by atoms with van der Waals surface area (Å²) in [5.74, 6) is -0.186. The lowest BCUT2D eigenvalue weighted by Crippen LogP contribution is -2.27. The lowest BCUT2D eigenvalue weighted by Gasteiger charge is -2.27. The number of nitriles is 1. The molecule has 132 valence electrons. The largest absolute Gasteiger partial charge is 0.494 e. The lowest BCUT2D eigenvalue weighted by molar-refractivity contribution is -0.143. The number of allylic oxidation sites excluding steroid dienone is 2. The highest BCUT2D eigenvalue weighted by molar-refractivity contribution is 5.92. The zero-order valence-electron chi connectivity index (χ0n) is 14.8. The molecule has 0 unspecified atom stereocenters. The Balaban J connectivity index is 2.51. The summed E-state index contributed by atoms with van der Waals surface area (Å²) >= 11 is 0. The fourth-order valence-corrected chi connectivity index (χ4v) is 2.66. The number of hydrogen-bond donors (Lipinski definition) is 1. The van der Waals surface area contributed by atoms with Crippen molar-refractivity contribution in [3.63, 3.8) is 0 Å². The molecule has 0 radical (unpaired) electrons. The van der Waals surface area contributed by atoms with Crippen LogP contribution in [0, 0.1) is 11.3 Å². The second-order valence-corrected chi connectivity index (χ2v) is 5.85. The molecule has 0 aromatic heterocycles. The third-order valence-electron chi connectivity index (χ3n) is 3.69. The Labute approximate surface area is 147 Å². The van der Waals surface area contributed by atoms with Crippen LogP contribution in [0.3, 0.4) is 0 Å². The SMILES string of the molecule is CCOc1ccc([C@@H]2C(C#N)=C(C)OC(N)=C2C(=O)OC(C)C)cc1. The first-order chi connectivity index (χ1) is 11.9. The molecule has 1 aromatic rings. The second kappa shape index (κ2) is 7.75. The van der Waals surface area contributed by atoms with Gasteiger partial charge in [-0.15, -0.1) is 0 Å². The molecule has 0 saturated carbocycles. The Morgan fingerprint density at radius 2 is 2.00 bits per heavy atom. The van der Waals surface area contributed by atoms with Crippen molar-refractivity contribution in [3.05, 3.63) is 52.6 Å². The van der Waals surface area contributed by atoms with E-state index in [0.29, 0.717) is 23.7 Å². The number of nitrogens with two attached hydrogens (primary N) is 1. The Hall–Kier alpha value is -2.94. The van der Waals surface area contributed by atoms with E-state index in [1.807, 2.05) is 19.1 Å². The zero-order chi connectivity index (χ0) is 18.6. The van der Waals surface area contributed by atoms with Crippen LogP contribution >= 0.6 is 0 Å². The summed E-state index contributed by atoms with van der Waals surface area (Å²) < 4.78 is 16.1. The minimum absolute atomic E-state index is 0.0407. The molecule has 2 N–H and O–H groups in total. The first kappa shape index (κ1) is 18.4. The van der Waals surface area contributed by atoms with E-state index < -0.39 is 11.9 Å². The van der Waals surface area contributed by atoms with Gasteiger partial charge < -0.3 is 19.9 Å². The molecule has 2 rings (SSSR count). The topological polar surface area (TPSA) is 94.6 Å². The summed E-state index contributed by atoms with van der Waals surface area (Å²) in [6.45, 7) is 7.60. The van der Waals surface area contributed by atoms with Crippen LogP contribution in [0.4, 0.5) is 0 Å². The summed E-state index contributed by atoms with van der Waals surface area (Å²) in [4.78, 5) is 12.5. The Kier molecular flexibility index (Phi) is 5.71. The van der Waals surface area contributed by atoms with E-state index in [2.05, 4.69) is 6.07 Å². The third-order valence-corrected chi connectivity index (χ3v) is 3.69. The highest BCUT2D eigenvalue weighted by Crippen LogP contribution is 2.40. The first-order valence-corrected chi connectivity index (χ1v) is 8.11. The van der Waals surface area contributed by atoms with Crippen LogP contribution in [0.25, 0.3) is 0 Å². The molecule has 1 aliphatic rings. The van der Waals surface area contributed by atoms with Gasteiger partial charge in [0.2, 0.25) is 5.88 Å². The van der Waals surface area contributed by atoms with Crippen LogP contribution in [0.2, 0.25) is 0 Å². The summed E-state index contributed by atoms with van der Waals surface area (Å²) in [5.41, 5.74) is 7.16. The van der Waals surface area contributed by atoms with E-state index in [1.165, 1.54) is 0 Å². The van der Waals surface area contributed by atoms with Gasteiger partial charge in [0.05, 0.1) is 30.3 Å². The van der Waals surface area contributed by atoms with E-state index in [9.17, 15) is 10.1 Å². The molecule has 0 fully saturated rings. The smallest absolute Gasteiger partial charge is 0.340 e. The molecule has 0 amide bonds. The van der Waals surface area contributed by atoms with Gasteiger partial charge in [0.15, 0.2) is 0 Å². The number of carbonyl (C=O) groups is 1. The van der Waals surface area contributed by atoms with Gasteiger partial charge in [-0.25, -0.2) is 4.79 Å². The summed E-state index contributed by atoms with van der Waals surface area (Å²) in [6, 6.07) is 9.32. The number of nitrogens with zero attached hydrogens (tertiary/aromatic N) is 1. The molecule has 0 saturated heterocycles. The molecule has 0 aliphatic carbocycles. The van der Waals surface area contributed by atoms with Gasteiger partial charge in [0.25, 0.3) is 0 Å². The van der Waals surface area contributed by atoms with Gasteiger partial charge in [-0.05, 0) is 45.4 Å². The molecule has 6 nitrogen and oxygen atoms in total. The summed E-state index contributed by atoms with van der Waals surface area (Å²) in [7, 11) is 0. The predicted molar refractivity (Wildman–Crippen MR) is 92.2 cm³/mol. The molecule has 1 heterocycles. The Morgan fingerprint density at radius 3 is 2.52 bits per heavy atom. The van der Waals surface area contributed by atoms with Gasteiger partial charge in [0, 0.05) is 0 Å². The molecule has 1 aliphatic heterocycles. The summed E-state index contributed by atoms with van der Waals surface area (Å²) in [5, 5.41) is 9.57. The minimum Gasteiger partial charge on any atom is -0.494 e. The van der Waals surface area contributed by atoms with E-state index in [-0.39, 0.29) is 17.6 Å². The normalized spacial score (nSPS) is 17.2. The lowest BCUT2D eigenvalue weighted by atomic mass is 9.83. The van der Waals surface area contributed by atoms with Crippen molar-refractivity contribution in [2.45, 2.75) is 39.7 Å². The molecule has 0 bridgehead atoms. The molecule has 6 heteroatoms. The number of carbonyl (C=O) groups excluding carboxylic acids is 1. The van der Waals surface area contributed by atoms with Crippen molar-refractivity contribution < 1.29 is 19.0 Å². The number of rotatable bonds is 5. The van der Waals surface area contributed by atoms with Gasteiger partial charge >= 0.3 is 5.97 Å². The third kappa shape index (κ3) is 3.94. The van der Waals surface area contributed by atoms with E-state index in [0.717, 1.165) is 5.56 Å². The van der Waals surface area contributed by atoms with Crippen LogP contribution in [0.5, 0.6) is 5.75 Å². The van der Waals surface area contributed by atoms with Crippen molar-refractivity contribution in [1.29, 1.82) is 5.26 Å². The van der Waals surface area contributed by atoms with Gasteiger partial charge in [-0.2, -0.15) is 5.26 Å². The van der Waals surface area contributed by atoms with E-state index >= 15 is 0 Å². The zero-order valence-corrected chi connectivity index (χ0v) is 14.8. The van der Waals surface area contributed by atoms with Crippen LogP contribution in [0.15, 0.2) is 47.1 Å². The van der Waals surface area contributed by atoms with Gasteiger partial charge in [-0.3, -0.25) is 0 Å². The summed E-state index contributed by atoms with van der Waals surface area (Å²) in [6.07, 6.45) is -0.314. The second-order valence-electron chi connectivity index (χ2n) is 5.85. The average molecular weight is 342 g/mol. The maximum absolute atomic E-state index is 12.5. The molecular weight excluding hydrogens is 320 g/mol. The van der Waals surface area contributed by atoms with E-state index in [4.69, 9.17) is 19.9 Å². The predicted octanol–water partition coefficient (Wildman–Crippen LogP) is 3.12. The fraction of sp³-hybridized carbons (Fsp3) is 0.368. The van der Waals surface area contributed by atoms with Crippen molar-refractivity contribution in [2.75, 3.05) is 6.61 Å². The Bertz CT molecular complexity index is 755. The number of ether oxygens (including phenoxy) is 3. The maximum atomic E-state index is 12.5. The Morgan fingerprint density at radius 1 is 1.36 bits per heavy atom. The van der Waals surface area contributed by atoms with Crippen molar-refractivity contribution in [2.24, 2.45) is 5.73 Å². The van der Waals surface area contributed by atoms with Crippen LogP contribution in [-0.2, 0) is 14.3 Å². The van der Waals surface area contributed by atoms with Crippen LogP contribution in [-0.4, -0.2) is 18.7 Å². The van der Waals surface area contributed by atoms with Crippen LogP contribution in [0.1, 0.15) is 39.2 Å². The highest BCUT2D eigenvalue weighted by Gasteiger charge is 2.36. The van der Waals surface area contributed by atoms with Gasteiger partial charge in [0.1, 0.15) is 17.1 Å². The number of hydrogen-bond acceptors (Lipinski definition) is 6. The molecule has 25 heavy (non-hydrogen) atoms. The van der Waals surface area contributed by atoms with Crippen LogP contribution < -0.4 is 10.5 Å². The number of esters is 1. The monoisotopic (exact) mass is 342 g/mol.